The Balaban J connectivity index is 0.000000640. The Labute approximate surface area is 70.7 Å². The van der Waals surface area contributed by atoms with E-state index in [1.807, 2.05) is 0 Å². The fourth-order valence-electron chi connectivity index (χ4n) is 0.707. The first-order chi connectivity index (χ1) is 3.75. The maximum atomic E-state index is 9.96. The molecule has 4 heteroatoms. The number of rotatable bonds is 2. The first-order valence-electron chi connectivity index (χ1n) is 2.52. The minimum atomic E-state index is -0.948. The Morgan fingerprint density at radius 1 is 1.78 bits per heavy atom. The van der Waals surface area contributed by atoms with Crippen LogP contribution in [0.4, 0.5) is 0 Å². The second-order valence-corrected chi connectivity index (χ2v) is 2.38. The van der Waals surface area contributed by atoms with E-state index < -0.39 is 5.97 Å². The van der Waals surface area contributed by atoms with Crippen molar-refractivity contribution in [3.8, 4) is 0 Å². The summed E-state index contributed by atoms with van der Waals surface area (Å²) < 4.78 is 0. The van der Waals surface area contributed by atoms with Crippen LogP contribution in [-0.4, -0.2) is 11.8 Å². The van der Waals surface area contributed by atoms with E-state index >= 15 is 0 Å². The third-order valence-corrected chi connectivity index (χ3v) is 1.82. The van der Waals surface area contributed by atoms with Gasteiger partial charge in [0, 0.05) is 17.8 Å². The Morgan fingerprint density at radius 2 is 2.33 bits per heavy atom. The third kappa shape index (κ3) is 2.21. The minimum Gasteiger partial charge on any atom is -0.550 e. The molecule has 46 valence electrons. The van der Waals surface area contributed by atoms with E-state index in [1.54, 1.807) is 0 Å². The summed E-state index contributed by atoms with van der Waals surface area (Å²) in [6.07, 6.45) is 0.714. The van der Waals surface area contributed by atoms with E-state index in [-0.39, 0.29) is 30.7 Å². The molecule has 0 heterocycles. The van der Waals surface area contributed by atoms with Crippen molar-refractivity contribution in [2.45, 2.75) is 6.42 Å². The largest absolute Gasteiger partial charge is 1.00 e. The summed E-state index contributed by atoms with van der Waals surface area (Å²) in [6.45, 7) is 0. The van der Waals surface area contributed by atoms with Gasteiger partial charge in [-0.3, -0.25) is 0 Å². The van der Waals surface area contributed by atoms with Crippen LogP contribution in [0, 0.1) is 11.8 Å². The molecule has 0 saturated heterocycles. The van der Waals surface area contributed by atoms with Crippen LogP contribution < -0.4 is 24.0 Å². The van der Waals surface area contributed by atoms with Crippen molar-refractivity contribution in [2.24, 2.45) is 11.8 Å². The van der Waals surface area contributed by atoms with Crippen LogP contribution in [0.25, 0.3) is 0 Å². The SMILES string of the molecule is O=C([O-])C1CC1CCl.[Li+]. The van der Waals surface area contributed by atoms with E-state index in [9.17, 15) is 9.90 Å². The molecule has 0 aromatic carbocycles. The molecule has 0 aromatic heterocycles. The van der Waals surface area contributed by atoms with Gasteiger partial charge in [-0.1, -0.05) is 0 Å². The molecule has 1 saturated carbocycles. The van der Waals surface area contributed by atoms with Gasteiger partial charge in [-0.15, -0.1) is 11.6 Å². The molecule has 0 amide bonds. The molecular weight excluding hydrogens is 134 g/mol. The van der Waals surface area contributed by atoms with Crippen molar-refractivity contribution in [2.75, 3.05) is 5.88 Å². The van der Waals surface area contributed by atoms with Crippen LogP contribution in [0.1, 0.15) is 6.42 Å². The van der Waals surface area contributed by atoms with Gasteiger partial charge < -0.3 is 9.90 Å². The number of carboxylic acids is 1. The van der Waals surface area contributed by atoms with Gasteiger partial charge in [0.05, 0.1) is 0 Å². The summed E-state index contributed by atoms with van der Waals surface area (Å²) in [6, 6.07) is 0. The van der Waals surface area contributed by atoms with Gasteiger partial charge in [0.1, 0.15) is 0 Å². The zero-order valence-electron chi connectivity index (χ0n) is 5.26. The molecule has 9 heavy (non-hydrogen) atoms. The molecule has 0 aromatic rings. The average Bonchev–Trinajstić information content (AvgIpc) is 2.42. The molecule has 2 atom stereocenters. The molecule has 0 bridgehead atoms. The van der Waals surface area contributed by atoms with Crippen molar-refractivity contribution in [3.05, 3.63) is 0 Å². The van der Waals surface area contributed by atoms with Gasteiger partial charge in [-0.25, -0.2) is 0 Å². The van der Waals surface area contributed by atoms with E-state index in [1.165, 1.54) is 0 Å². The van der Waals surface area contributed by atoms with E-state index in [0.29, 0.717) is 12.3 Å². The normalized spacial score (nSPS) is 30.8. The van der Waals surface area contributed by atoms with Crippen molar-refractivity contribution in [1.82, 2.24) is 0 Å². The molecular formula is C5H6ClLiO2. The average molecular weight is 140 g/mol. The Hall–Kier alpha value is 0.357. The summed E-state index contributed by atoms with van der Waals surface area (Å²) in [4.78, 5) is 9.96. The van der Waals surface area contributed by atoms with Crippen LogP contribution in [0.15, 0.2) is 0 Å². The first kappa shape index (κ1) is 9.36. The zero-order valence-corrected chi connectivity index (χ0v) is 6.02. The Kier molecular flexibility index (Phi) is 3.65. The monoisotopic (exact) mass is 140 g/mol. The smallest absolute Gasteiger partial charge is 0.550 e. The molecule has 1 aliphatic rings. The molecule has 2 unspecified atom stereocenters. The van der Waals surface area contributed by atoms with Crippen LogP contribution in [0.5, 0.6) is 0 Å². The zero-order chi connectivity index (χ0) is 6.15. The third-order valence-electron chi connectivity index (χ3n) is 1.42. The number of carbonyl (C=O) groups is 1. The summed E-state index contributed by atoms with van der Waals surface area (Å²) >= 11 is 5.35. The second-order valence-electron chi connectivity index (χ2n) is 2.08. The number of alkyl halides is 1. The maximum absolute atomic E-state index is 9.96. The second kappa shape index (κ2) is 3.51. The number of hydrogen-bond acceptors (Lipinski definition) is 2. The fraction of sp³-hybridized carbons (Fsp3) is 0.800. The predicted molar refractivity (Wildman–Crippen MR) is 27.3 cm³/mol. The van der Waals surface area contributed by atoms with Gasteiger partial charge >= 0.3 is 18.9 Å². The topological polar surface area (TPSA) is 40.1 Å². The Morgan fingerprint density at radius 3 is 2.44 bits per heavy atom. The standard InChI is InChI=1S/C5H7ClO2.Li/c6-2-3-1-4(3)5(7)8;/h3-4H,1-2H2,(H,7,8);/q;+1/p-1. The quantitative estimate of drug-likeness (QED) is 0.297. The number of carbonyl (C=O) groups excluding carboxylic acids is 1. The minimum absolute atomic E-state index is 0. The van der Waals surface area contributed by atoms with Crippen molar-refractivity contribution < 1.29 is 28.8 Å². The van der Waals surface area contributed by atoms with E-state index in [2.05, 4.69) is 0 Å². The van der Waals surface area contributed by atoms with Gasteiger partial charge in [-0.05, 0) is 12.3 Å². The molecule has 0 aliphatic heterocycles. The summed E-state index contributed by atoms with van der Waals surface area (Å²) in [7, 11) is 0. The molecule has 1 aliphatic carbocycles. The van der Waals surface area contributed by atoms with Crippen LogP contribution in [0.2, 0.25) is 0 Å². The summed E-state index contributed by atoms with van der Waals surface area (Å²) in [5.41, 5.74) is 0. The van der Waals surface area contributed by atoms with Crippen LogP contribution >= 0.6 is 11.6 Å². The van der Waals surface area contributed by atoms with Crippen molar-refractivity contribution in [1.29, 1.82) is 0 Å². The Bertz CT molecular complexity index is 118. The van der Waals surface area contributed by atoms with E-state index in [4.69, 9.17) is 11.6 Å². The summed E-state index contributed by atoms with van der Waals surface area (Å²) in [5.74, 6) is -0.539. The molecule has 0 N–H and O–H groups in total. The fourth-order valence-corrected chi connectivity index (χ4v) is 1.05. The molecule has 2 nitrogen and oxygen atoms in total. The molecule has 1 rings (SSSR count). The molecule has 0 radical (unpaired) electrons. The summed E-state index contributed by atoms with van der Waals surface area (Å²) in [5, 5.41) is 9.96. The van der Waals surface area contributed by atoms with Gasteiger partial charge in [0.15, 0.2) is 0 Å². The predicted octanol–water partition coefficient (Wildman–Crippen LogP) is -3.38. The number of carboxylic acid groups (broad SMARTS) is 1. The molecule has 1 fully saturated rings. The molecule has 0 spiro atoms. The van der Waals surface area contributed by atoms with Crippen molar-refractivity contribution in [3.63, 3.8) is 0 Å². The van der Waals surface area contributed by atoms with Crippen molar-refractivity contribution >= 4 is 17.6 Å². The first-order valence-corrected chi connectivity index (χ1v) is 3.06. The van der Waals surface area contributed by atoms with Gasteiger partial charge in [-0.2, -0.15) is 0 Å². The van der Waals surface area contributed by atoms with Crippen LogP contribution in [-0.2, 0) is 4.79 Å². The number of halogens is 1. The maximum Gasteiger partial charge on any atom is 1.00 e. The van der Waals surface area contributed by atoms with E-state index in [0.717, 1.165) is 0 Å². The van der Waals surface area contributed by atoms with Gasteiger partial charge in [0.2, 0.25) is 0 Å². The number of aliphatic carboxylic acids is 1. The van der Waals surface area contributed by atoms with Gasteiger partial charge in [0.25, 0.3) is 0 Å². The number of hydrogen-bond donors (Lipinski definition) is 0. The van der Waals surface area contributed by atoms with Crippen LogP contribution in [0.3, 0.4) is 0 Å².